The van der Waals surface area contributed by atoms with Gasteiger partial charge in [0, 0.05) is 0 Å². The molecule has 0 radical (unpaired) electrons. The van der Waals surface area contributed by atoms with E-state index >= 15 is 0 Å². The molecule has 0 saturated heterocycles. The fourth-order valence-corrected chi connectivity index (χ4v) is 1.39. The Morgan fingerprint density at radius 3 is 2.14 bits per heavy atom. The van der Waals surface area contributed by atoms with Crippen molar-refractivity contribution < 1.29 is 35.9 Å². The van der Waals surface area contributed by atoms with E-state index in [0.717, 1.165) is 0 Å². The van der Waals surface area contributed by atoms with E-state index < -0.39 is 38.0 Å². The number of nitrogens with one attached hydrogen (secondary N) is 2. The molecule has 10 heteroatoms. The molecule has 0 bridgehead atoms. The van der Waals surface area contributed by atoms with Crippen molar-refractivity contribution in [3.05, 3.63) is 24.3 Å². The van der Waals surface area contributed by atoms with E-state index in [-0.39, 0.29) is 11.4 Å². The van der Waals surface area contributed by atoms with Gasteiger partial charge in [-0.3, -0.25) is 4.79 Å². The van der Waals surface area contributed by atoms with Gasteiger partial charge < -0.3 is 15.4 Å². The van der Waals surface area contributed by atoms with Gasteiger partial charge in [0.15, 0.2) is 0 Å². The molecule has 4 nitrogen and oxygen atoms in total. The molecule has 0 atom stereocenters. The molecule has 2 N–H and O–H groups in total. The Bertz CT molecular complexity index is 501. The van der Waals surface area contributed by atoms with E-state index in [9.17, 15) is 31.1 Å². The molecule has 124 valence electrons. The summed E-state index contributed by atoms with van der Waals surface area (Å²) < 4.78 is 76.1. The fraction of sp³-hybridized carbons (Fsp3) is 0.417. The van der Waals surface area contributed by atoms with Crippen molar-refractivity contribution in [2.24, 2.45) is 0 Å². The van der Waals surface area contributed by atoms with E-state index in [2.05, 4.69) is 15.4 Å². The maximum Gasteiger partial charge on any atom is 0.411 e. The number of hydrogen-bond donors (Lipinski definition) is 2. The highest BCUT2D eigenvalue weighted by Crippen LogP contribution is 2.23. The van der Waals surface area contributed by atoms with Gasteiger partial charge in [-0.15, -0.1) is 0 Å². The summed E-state index contributed by atoms with van der Waals surface area (Å²) in [4.78, 5) is 11.4. The first-order valence-electron chi connectivity index (χ1n) is 5.91. The highest BCUT2D eigenvalue weighted by molar-refractivity contribution is 5.95. The van der Waals surface area contributed by atoms with Crippen molar-refractivity contribution in [2.75, 3.05) is 30.4 Å². The minimum atomic E-state index is -4.56. The first-order valence-corrected chi connectivity index (χ1v) is 5.91. The van der Waals surface area contributed by atoms with Crippen LogP contribution in [0, 0.1) is 0 Å². The molecule has 0 heterocycles. The van der Waals surface area contributed by atoms with E-state index in [1.54, 1.807) is 0 Å². The molecule has 0 aliphatic heterocycles. The zero-order valence-corrected chi connectivity index (χ0v) is 11.0. The van der Waals surface area contributed by atoms with Crippen LogP contribution in [0.5, 0.6) is 0 Å². The zero-order chi connectivity index (χ0) is 16.8. The summed E-state index contributed by atoms with van der Waals surface area (Å²) in [5.41, 5.74) is -0.00337. The van der Waals surface area contributed by atoms with Crippen LogP contribution in [0.25, 0.3) is 0 Å². The lowest BCUT2D eigenvalue weighted by molar-refractivity contribution is -0.174. The molecule has 0 aromatic heterocycles. The number of amides is 1. The average molecular weight is 330 g/mol. The molecular formula is C12H12F6N2O2. The van der Waals surface area contributed by atoms with Crippen LogP contribution in [0.1, 0.15) is 0 Å². The normalized spacial score (nSPS) is 12.1. The summed E-state index contributed by atoms with van der Waals surface area (Å²) in [6.07, 6.45) is -9.01. The summed E-state index contributed by atoms with van der Waals surface area (Å²) in [6, 6.07) is 5.48. The number of para-hydroxylation sites is 2. The number of benzene rings is 1. The molecule has 0 unspecified atom stereocenters. The molecule has 0 saturated carbocycles. The molecule has 1 aromatic rings. The lowest BCUT2D eigenvalue weighted by Gasteiger charge is -2.14. The Labute approximate surface area is 121 Å². The number of anilines is 2. The molecule has 22 heavy (non-hydrogen) atoms. The number of hydrogen-bond acceptors (Lipinski definition) is 3. The van der Waals surface area contributed by atoms with Gasteiger partial charge in [0.25, 0.3) is 0 Å². The van der Waals surface area contributed by atoms with Gasteiger partial charge in [0.1, 0.15) is 19.8 Å². The van der Waals surface area contributed by atoms with Crippen molar-refractivity contribution in [1.29, 1.82) is 0 Å². The van der Waals surface area contributed by atoms with Crippen LogP contribution in [0.2, 0.25) is 0 Å². The SMILES string of the molecule is O=C(COCC(F)(F)F)Nc1ccccc1NCC(F)(F)F. The van der Waals surface area contributed by atoms with Crippen molar-refractivity contribution >= 4 is 17.3 Å². The lowest BCUT2D eigenvalue weighted by Crippen LogP contribution is -2.25. The lowest BCUT2D eigenvalue weighted by atomic mass is 10.2. The van der Waals surface area contributed by atoms with Crippen LogP contribution in [0.3, 0.4) is 0 Å². The van der Waals surface area contributed by atoms with Crippen LogP contribution in [0.15, 0.2) is 24.3 Å². The van der Waals surface area contributed by atoms with E-state index in [1.165, 1.54) is 24.3 Å². The number of halogens is 6. The Morgan fingerprint density at radius 2 is 1.59 bits per heavy atom. The second-order valence-electron chi connectivity index (χ2n) is 4.17. The molecule has 1 amide bonds. The van der Waals surface area contributed by atoms with E-state index in [1.807, 2.05) is 0 Å². The predicted molar refractivity (Wildman–Crippen MR) is 66.5 cm³/mol. The highest BCUT2D eigenvalue weighted by atomic mass is 19.4. The zero-order valence-electron chi connectivity index (χ0n) is 11.0. The Morgan fingerprint density at radius 1 is 1.00 bits per heavy atom. The number of carbonyl (C=O) groups is 1. The third-order valence-electron chi connectivity index (χ3n) is 2.18. The van der Waals surface area contributed by atoms with Crippen LogP contribution in [0.4, 0.5) is 37.7 Å². The minimum absolute atomic E-state index is 0.00681. The first-order chi connectivity index (χ1) is 10.1. The number of carbonyl (C=O) groups excluding carboxylic acids is 1. The molecule has 0 aliphatic rings. The molecule has 0 aliphatic carbocycles. The van der Waals surface area contributed by atoms with Crippen molar-refractivity contribution in [3.8, 4) is 0 Å². The fourth-order valence-electron chi connectivity index (χ4n) is 1.39. The summed E-state index contributed by atoms with van der Waals surface area (Å²) >= 11 is 0. The van der Waals surface area contributed by atoms with Gasteiger partial charge in [0.05, 0.1) is 11.4 Å². The van der Waals surface area contributed by atoms with Crippen LogP contribution in [-0.4, -0.2) is 38.0 Å². The maximum atomic E-state index is 12.1. The average Bonchev–Trinajstić information content (AvgIpc) is 2.35. The first kappa shape index (κ1) is 18.1. The monoisotopic (exact) mass is 330 g/mol. The number of ether oxygens (including phenoxy) is 1. The van der Waals surface area contributed by atoms with Gasteiger partial charge in [-0.1, -0.05) is 12.1 Å². The smallest absolute Gasteiger partial charge is 0.375 e. The number of alkyl halides is 6. The second-order valence-corrected chi connectivity index (χ2v) is 4.17. The quantitative estimate of drug-likeness (QED) is 0.788. The molecular weight excluding hydrogens is 318 g/mol. The molecule has 0 spiro atoms. The van der Waals surface area contributed by atoms with Crippen molar-refractivity contribution in [2.45, 2.75) is 12.4 Å². The standard InChI is InChI=1S/C12H12F6N2O2/c13-11(14,15)6-19-8-3-1-2-4-9(8)20-10(21)5-22-7-12(16,17)18/h1-4,19H,5-7H2,(H,20,21). The Kier molecular flexibility index (Phi) is 6.03. The van der Waals surface area contributed by atoms with Crippen LogP contribution in [-0.2, 0) is 9.53 Å². The topological polar surface area (TPSA) is 50.4 Å². The molecule has 0 fully saturated rings. The summed E-state index contributed by atoms with van der Waals surface area (Å²) in [6.45, 7) is -3.77. The van der Waals surface area contributed by atoms with Crippen LogP contribution >= 0.6 is 0 Å². The number of rotatable bonds is 6. The van der Waals surface area contributed by atoms with Gasteiger partial charge >= 0.3 is 12.4 Å². The van der Waals surface area contributed by atoms with Gasteiger partial charge in [-0.05, 0) is 12.1 Å². The minimum Gasteiger partial charge on any atom is -0.375 e. The molecule has 1 aromatic carbocycles. The third kappa shape index (κ3) is 7.72. The molecule has 1 rings (SSSR count). The van der Waals surface area contributed by atoms with Crippen molar-refractivity contribution in [1.82, 2.24) is 0 Å². The Balaban J connectivity index is 2.56. The van der Waals surface area contributed by atoms with Gasteiger partial charge in [-0.2, -0.15) is 26.3 Å². The van der Waals surface area contributed by atoms with Crippen molar-refractivity contribution in [3.63, 3.8) is 0 Å². The highest BCUT2D eigenvalue weighted by Gasteiger charge is 2.28. The summed E-state index contributed by atoms with van der Waals surface area (Å²) in [5.74, 6) is -0.912. The predicted octanol–water partition coefficient (Wildman–Crippen LogP) is 3.18. The largest absolute Gasteiger partial charge is 0.411 e. The van der Waals surface area contributed by atoms with E-state index in [0.29, 0.717) is 0 Å². The van der Waals surface area contributed by atoms with Gasteiger partial charge in [0.2, 0.25) is 5.91 Å². The summed E-state index contributed by atoms with van der Waals surface area (Å²) in [7, 11) is 0. The Hall–Kier alpha value is -1.97. The second kappa shape index (κ2) is 7.34. The summed E-state index contributed by atoms with van der Waals surface area (Å²) in [5, 5.41) is 4.25. The van der Waals surface area contributed by atoms with E-state index in [4.69, 9.17) is 0 Å². The van der Waals surface area contributed by atoms with Crippen LogP contribution < -0.4 is 10.6 Å². The van der Waals surface area contributed by atoms with Gasteiger partial charge in [-0.25, -0.2) is 0 Å². The maximum absolute atomic E-state index is 12.1. The third-order valence-corrected chi connectivity index (χ3v) is 2.18.